The highest BCUT2D eigenvalue weighted by Crippen LogP contribution is 2.30. The Bertz CT molecular complexity index is 368. The van der Waals surface area contributed by atoms with Crippen molar-refractivity contribution in [1.82, 2.24) is 4.98 Å². The topological polar surface area (TPSA) is 48.1 Å². The summed E-state index contributed by atoms with van der Waals surface area (Å²) >= 11 is 3.12. The number of nitrogen functional groups attached to an aromatic ring is 1. The SMILES string of the molecule is Cc1c(OC(F)(F)F)cnc(CBr)c1N. The zero-order chi connectivity index (χ0) is 11.6. The van der Waals surface area contributed by atoms with Gasteiger partial charge in [-0.1, -0.05) is 15.9 Å². The van der Waals surface area contributed by atoms with Gasteiger partial charge in [-0.3, -0.25) is 4.98 Å². The van der Waals surface area contributed by atoms with Gasteiger partial charge in [-0.25, -0.2) is 0 Å². The third kappa shape index (κ3) is 2.98. The van der Waals surface area contributed by atoms with Gasteiger partial charge in [0.25, 0.3) is 0 Å². The monoisotopic (exact) mass is 284 g/mol. The van der Waals surface area contributed by atoms with Crippen molar-refractivity contribution in [3.05, 3.63) is 17.5 Å². The number of nitrogens with zero attached hydrogens (tertiary/aromatic N) is 1. The Balaban J connectivity index is 3.07. The lowest BCUT2D eigenvalue weighted by Crippen LogP contribution is -2.18. The number of ether oxygens (including phenoxy) is 1. The maximum Gasteiger partial charge on any atom is 0.573 e. The second-order valence-electron chi connectivity index (χ2n) is 2.79. The normalized spacial score (nSPS) is 11.5. The van der Waals surface area contributed by atoms with Crippen LogP contribution in [0.5, 0.6) is 5.75 Å². The summed E-state index contributed by atoms with van der Waals surface area (Å²) in [6.45, 7) is 1.45. The van der Waals surface area contributed by atoms with Crippen LogP contribution in [0.25, 0.3) is 0 Å². The minimum atomic E-state index is -4.73. The number of pyridine rings is 1. The zero-order valence-corrected chi connectivity index (χ0v) is 9.32. The standard InChI is InChI=1S/C8H8BrF3N2O/c1-4-6(15-8(10,11)12)3-14-5(2-9)7(4)13/h3H,2,13H2,1H3. The molecule has 0 fully saturated rings. The van der Waals surface area contributed by atoms with Crippen molar-refractivity contribution < 1.29 is 17.9 Å². The first kappa shape index (κ1) is 12.1. The summed E-state index contributed by atoms with van der Waals surface area (Å²) in [5, 5.41) is 0.381. The summed E-state index contributed by atoms with van der Waals surface area (Å²) in [7, 11) is 0. The Hall–Kier alpha value is -0.980. The first-order chi connectivity index (χ1) is 6.85. The highest BCUT2D eigenvalue weighted by molar-refractivity contribution is 9.08. The molecule has 1 heterocycles. The quantitative estimate of drug-likeness (QED) is 0.850. The van der Waals surface area contributed by atoms with Gasteiger partial charge in [0.1, 0.15) is 0 Å². The van der Waals surface area contributed by atoms with E-state index < -0.39 is 6.36 Å². The van der Waals surface area contributed by atoms with Gasteiger partial charge in [0.2, 0.25) is 0 Å². The van der Waals surface area contributed by atoms with E-state index in [9.17, 15) is 13.2 Å². The number of aromatic nitrogens is 1. The van der Waals surface area contributed by atoms with Crippen molar-refractivity contribution in [1.29, 1.82) is 0 Å². The molecule has 15 heavy (non-hydrogen) atoms. The summed E-state index contributed by atoms with van der Waals surface area (Å²) in [6.07, 6.45) is -3.72. The lowest BCUT2D eigenvalue weighted by Gasteiger charge is -2.13. The molecule has 0 unspecified atom stereocenters. The molecule has 0 saturated carbocycles. The Labute approximate surface area is 92.6 Å². The van der Waals surface area contributed by atoms with Crippen LogP contribution in [0.3, 0.4) is 0 Å². The first-order valence-corrected chi connectivity index (χ1v) is 5.03. The lowest BCUT2D eigenvalue weighted by molar-refractivity contribution is -0.274. The fraction of sp³-hybridized carbons (Fsp3) is 0.375. The minimum absolute atomic E-state index is 0.202. The van der Waals surface area contributed by atoms with Gasteiger partial charge < -0.3 is 10.5 Å². The summed E-state index contributed by atoms with van der Waals surface area (Å²) in [5.74, 6) is -0.371. The summed E-state index contributed by atoms with van der Waals surface area (Å²) in [4.78, 5) is 3.74. The van der Waals surface area contributed by atoms with Crippen molar-refractivity contribution >= 4 is 21.6 Å². The molecule has 0 atom stereocenters. The Kier molecular flexibility index (Phi) is 3.43. The molecule has 7 heteroatoms. The molecule has 1 rings (SSSR count). The van der Waals surface area contributed by atoms with Gasteiger partial charge in [0.05, 0.1) is 17.6 Å². The highest BCUT2D eigenvalue weighted by Gasteiger charge is 2.32. The number of hydrogen-bond donors (Lipinski definition) is 1. The molecular formula is C8H8BrF3N2O. The number of halogens is 4. The van der Waals surface area contributed by atoms with Crippen LogP contribution in [0.15, 0.2) is 6.20 Å². The molecule has 2 N–H and O–H groups in total. The fourth-order valence-electron chi connectivity index (χ4n) is 0.986. The van der Waals surface area contributed by atoms with E-state index in [2.05, 4.69) is 25.7 Å². The molecule has 0 aliphatic rings. The van der Waals surface area contributed by atoms with Crippen LogP contribution in [0, 0.1) is 6.92 Å². The Morgan fingerprint density at radius 2 is 2.13 bits per heavy atom. The van der Waals surface area contributed by atoms with Crippen LogP contribution in [0.4, 0.5) is 18.9 Å². The third-order valence-electron chi connectivity index (χ3n) is 1.77. The number of anilines is 1. The van der Waals surface area contributed by atoms with Crippen molar-refractivity contribution in [2.45, 2.75) is 18.6 Å². The predicted octanol–water partition coefficient (Wildman–Crippen LogP) is 2.77. The molecular weight excluding hydrogens is 277 g/mol. The molecule has 0 saturated heterocycles. The van der Waals surface area contributed by atoms with Gasteiger partial charge >= 0.3 is 6.36 Å². The van der Waals surface area contributed by atoms with Crippen LogP contribution in [0.2, 0.25) is 0 Å². The number of hydrogen-bond acceptors (Lipinski definition) is 3. The van der Waals surface area contributed by atoms with E-state index in [1.54, 1.807) is 0 Å². The lowest BCUT2D eigenvalue weighted by atomic mass is 10.2. The molecule has 1 aromatic heterocycles. The van der Waals surface area contributed by atoms with E-state index in [4.69, 9.17) is 5.73 Å². The summed E-state index contributed by atoms with van der Waals surface area (Å²) < 4.78 is 39.6. The molecule has 0 aromatic carbocycles. The maximum atomic E-state index is 11.9. The first-order valence-electron chi connectivity index (χ1n) is 3.91. The van der Waals surface area contributed by atoms with Crippen LogP contribution >= 0.6 is 15.9 Å². The molecule has 3 nitrogen and oxygen atoms in total. The minimum Gasteiger partial charge on any atom is -0.404 e. The van der Waals surface area contributed by atoms with E-state index in [0.717, 1.165) is 6.20 Å². The van der Waals surface area contributed by atoms with E-state index in [0.29, 0.717) is 11.0 Å². The highest BCUT2D eigenvalue weighted by atomic mass is 79.9. The van der Waals surface area contributed by atoms with Crippen LogP contribution in [-0.4, -0.2) is 11.3 Å². The molecule has 0 aliphatic heterocycles. The number of rotatable bonds is 2. The molecule has 0 bridgehead atoms. The van der Waals surface area contributed by atoms with Crippen LogP contribution in [0.1, 0.15) is 11.3 Å². The van der Waals surface area contributed by atoms with Gasteiger partial charge in [0.15, 0.2) is 5.75 Å². The van der Waals surface area contributed by atoms with Crippen LogP contribution < -0.4 is 10.5 Å². The fourth-order valence-corrected chi connectivity index (χ4v) is 1.43. The third-order valence-corrected chi connectivity index (χ3v) is 2.31. The molecule has 0 spiro atoms. The van der Waals surface area contributed by atoms with Crippen molar-refractivity contribution in [3.8, 4) is 5.75 Å². The van der Waals surface area contributed by atoms with Gasteiger partial charge in [-0.2, -0.15) is 0 Å². The van der Waals surface area contributed by atoms with E-state index in [-0.39, 0.29) is 17.0 Å². The van der Waals surface area contributed by atoms with E-state index >= 15 is 0 Å². The van der Waals surface area contributed by atoms with Crippen molar-refractivity contribution in [2.24, 2.45) is 0 Å². The Morgan fingerprint density at radius 3 is 2.60 bits per heavy atom. The van der Waals surface area contributed by atoms with Gasteiger partial charge in [0, 0.05) is 10.9 Å². The smallest absolute Gasteiger partial charge is 0.404 e. The molecule has 0 aliphatic carbocycles. The van der Waals surface area contributed by atoms with Gasteiger partial charge in [-0.05, 0) is 6.92 Å². The molecule has 0 amide bonds. The van der Waals surface area contributed by atoms with Crippen molar-refractivity contribution in [2.75, 3.05) is 5.73 Å². The van der Waals surface area contributed by atoms with E-state index in [1.165, 1.54) is 6.92 Å². The summed E-state index contributed by atoms with van der Waals surface area (Å²) in [5.41, 5.74) is 6.50. The summed E-state index contributed by atoms with van der Waals surface area (Å²) in [6, 6.07) is 0. The number of alkyl halides is 4. The largest absolute Gasteiger partial charge is 0.573 e. The van der Waals surface area contributed by atoms with Crippen LogP contribution in [-0.2, 0) is 5.33 Å². The Morgan fingerprint density at radius 1 is 1.53 bits per heavy atom. The second-order valence-corrected chi connectivity index (χ2v) is 3.35. The van der Waals surface area contributed by atoms with Gasteiger partial charge in [-0.15, -0.1) is 13.2 Å². The van der Waals surface area contributed by atoms with Crippen molar-refractivity contribution in [3.63, 3.8) is 0 Å². The average Bonchev–Trinajstić information content (AvgIpc) is 2.11. The maximum absolute atomic E-state index is 11.9. The average molecular weight is 285 g/mol. The zero-order valence-electron chi connectivity index (χ0n) is 7.73. The molecule has 84 valence electrons. The van der Waals surface area contributed by atoms with E-state index in [1.807, 2.05) is 0 Å². The molecule has 0 radical (unpaired) electrons. The molecule has 1 aromatic rings. The predicted molar refractivity (Wildman–Crippen MR) is 52.7 cm³/mol. The second kappa shape index (κ2) is 4.26. The number of nitrogens with two attached hydrogens (primary N) is 1.